The summed E-state index contributed by atoms with van der Waals surface area (Å²) in [6.45, 7) is 0. The second-order valence-corrected chi connectivity index (χ2v) is 5.10. The van der Waals surface area contributed by atoms with Gasteiger partial charge in [0.2, 0.25) is 0 Å². The molecular formula is C13H18O5. The lowest BCUT2D eigenvalue weighted by Gasteiger charge is -2.53. The van der Waals surface area contributed by atoms with Gasteiger partial charge in [-0.1, -0.05) is 12.2 Å². The van der Waals surface area contributed by atoms with Crippen molar-refractivity contribution < 1.29 is 24.2 Å². The molecule has 0 heterocycles. The molecule has 0 amide bonds. The van der Waals surface area contributed by atoms with E-state index in [4.69, 9.17) is 14.6 Å². The van der Waals surface area contributed by atoms with Crippen molar-refractivity contribution >= 4 is 11.9 Å². The summed E-state index contributed by atoms with van der Waals surface area (Å²) in [5, 5.41) is 9.13. The summed E-state index contributed by atoms with van der Waals surface area (Å²) < 4.78 is 10.4. The Morgan fingerprint density at radius 2 is 2.17 bits per heavy atom. The van der Waals surface area contributed by atoms with E-state index in [1.54, 1.807) is 0 Å². The van der Waals surface area contributed by atoms with Gasteiger partial charge in [-0.2, -0.15) is 0 Å². The molecule has 0 saturated heterocycles. The number of carboxylic acid groups (broad SMARTS) is 1. The molecule has 2 bridgehead atoms. The first kappa shape index (κ1) is 13.1. The minimum Gasteiger partial charge on any atom is -0.481 e. The number of hydrogen-bond donors (Lipinski definition) is 1. The minimum absolute atomic E-state index is 0.237. The summed E-state index contributed by atoms with van der Waals surface area (Å²) >= 11 is 0. The van der Waals surface area contributed by atoms with Gasteiger partial charge >= 0.3 is 11.9 Å². The third-order valence-corrected chi connectivity index (χ3v) is 4.34. The maximum Gasteiger partial charge on any atom is 0.315 e. The molecule has 0 spiro atoms. The van der Waals surface area contributed by atoms with Crippen molar-refractivity contribution in [3.63, 3.8) is 0 Å². The fraction of sp³-hybridized carbons (Fsp3) is 0.692. The summed E-state index contributed by atoms with van der Waals surface area (Å²) in [6.07, 6.45) is 5.68. The van der Waals surface area contributed by atoms with E-state index in [1.165, 1.54) is 14.2 Å². The van der Waals surface area contributed by atoms with Gasteiger partial charge in [0.15, 0.2) is 0 Å². The average molecular weight is 254 g/mol. The van der Waals surface area contributed by atoms with Crippen molar-refractivity contribution in [2.24, 2.45) is 11.3 Å². The van der Waals surface area contributed by atoms with E-state index in [9.17, 15) is 9.59 Å². The molecule has 3 aliphatic carbocycles. The highest BCUT2D eigenvalue weighted by Gasteiger charge is 2.62. The van der Waals surface area contributed by atoms with Crippen molar-refractivity contribution in [3.8, 4) is 0 Å². The summed E-state index contributed by atoms with van der Waals surface area (Å²) in [6, 6.07) is 0. The lowest BCUT2D eigenvalue weighted by molar-refractivity contribution is -0.189. The molecule has 0 unspecified atom stereocenters. The van der Waals surface area contributed by atoms with E-state index >= 15 is 0 Å². The largest absolute Gasteiger partial charge is 0.481 e. The minimum atomic E-state index is -1.10. The molecule has 100 valence electrons. The maximum absolute atomic E-state index is 12.2. The molecule has 5 nitrogen and oxygen atoms in total. The Balaban J connectivity index is 2.49. The highest BCUT2D eigenvalue weighted by molar-refractivity contribution is 5.85. The van der Waals surface area contributed by atoms with Crippen LogP contribution in [0.1, 0.15) is 25.7 Å². The zero-order valence-electron chi connectivity index (χ0n) is 10.6. The van der Waals surface area contributed by atoms with E-state index in [0.29, 0.717) is 12.8 Å². The molecule has 5 heteroatoms. The van der Waals surface area contributed by atoms with E-state index in [-0.39, 0.29) is 12.3 Å². The summed E-state index contributed by atoms with van der Waals surface area (Å²) in [5.41, 5.74) is -1.94. The van der Waals surface area contributed by atoms with E-state index in [0.717, 1.165) is 6.42 Å². The Kier molecular flexibility index (Phi) is 3.19. The van der Waals surface area contributed by atoms with Crippen LogP contribution in [0.5, 0.6) is 0 Å². The van der Waals surface area contributed by atoms with Gasteiger partial charge in [0.1, 0.15) is 11.0 Å². The number of carbonyl (C=O) groups is 2. The number of esters is 1. The van der Waals surface area contributed by atoms with Gasteiger partial charge in [-0.3, -0.25) is 9.59 Å². The fourth-order valence-electron chi connectivity index (χ4n) is 3.43. The van der Waals surface area contributed by atoms with Crippen LogP contribution >= 0.6 is 0 Å². The topological polar surface area (TPSA) is 72.8 Å². The maximum atomic E-state index is 12.2. The predicted molar refractivity (Wildman–Crippen MR) is 62.9 cm³/mol. The summed E-state index contributed by atoms with van der Waals surface area (Å²) in [5.74, 6) is -1.25. The standard InChI is InChI=1S/C13H18O5/c1-17-11(16)12(8-10(14)15)7-9-3-5-13(12,18-2)6-4-9/h3,5,9H,4,6-8H2,1-2H3,(H,14,15)/t9-,12+,13-/m1/s1. The molecule has 1 N–H and O–H groups in total. The first-order valence-corrected chi connectivity index (χ1v) is 6.04. The van der Waals surface area contributed by atoms with E-state index in [1.807, 2.05) is 12.2 Å². The van der Waals surface area contributed by atoms with Crippen LogP contribution in [0.25, 0.3) is 0 Å². The third-order valence-electron chi connectivity index (χ3n) is 4.34. The molecule has 1 fully saturated rings. The number of hydrogen-bond acceptors (Lipinski definition) is 4. The number of rotatable bonds is 4. The SMILES string of the molecule is COC(=O)[C@@]1(CC(=O)O)C[C@@H]2C=C[C@@]1(OC)CC2. The molecule has 1 saturated carbocycles. The monoisotopic (exact) mass is 254 g/mol. The van der Waals surface area contributed by atoms with Crippen molar-refractivity contribution in [2.45, 2.75) is 31.3 Å². The number of fused-ring (bicyclic) bond motifs is 2. The van der Waals surface area contributed by atoms with Crippen molar-refractivity contribution in [1.29, 1.82) is 0 Å². The van der Waals surface area contributed by atoms with Crippen molar-refractivity contribution in [2.75, 3.05) is 14.2 Å². The number of carbonyl (C=O) groups excluding carboxylic acids is 1. The fourth-order valence-corrected chi connectivity index (χ4v) is 3.43. The Bertz CT molecular complexity index is 402. The molecule has 0 aromatic rings. The highest BCUT2D eigenvalue weighted by atomic mass is 16.5. The van der Waals surface area contributed by atoms with Crippen LogP contribution in [0.4, 0.5) is 0 Å². The Morgan fingerprint density at radius 1 is 1.44 bits per heavy atom. The number of ether oxygens (including phenoxy) is 2. The van der Waals surface area contributed by atoms with Gasteiger partial charge in [0.05, 0.1) is 13.5 Å². The first-order valence-electron chi connectivity index (χ1n) is 6.04. The van der Waals surface area contributed by atoms with Gasteiger partial charge in [0, 0.05) is 7.11 Å². The first-order chi connectivity index (χ1) is 8.49. The van der Waals surface area contributed by atoms with Crippen LogP contribution in [0, 0.1) is 11.3 Å². The van der Waals surface area contributed by atoms with Gasteiger partial charge in [-0.05, 0) is 25.2 Å². The number of carboxylic acids is 1. The smallest absolute Gasteiger partial charge is 0.315 e. The lowest BCUT2D eigenvalue weighted by Crippen LogP contribution is -2.60. The van der Waals surface area contributed by atoms with Crippen LogP contribution in [0.2, 0.25) is 0 Å². The molecule has 0 radical (unpaired) electrons. The van der Waals surface area contributed by atoms with Crippen LogP contribution in [-0.2, 0) is 19.1 Å². The van der Waals surface area contributed by atoms with Crippen LogP contribution < -0.4 is 0 Å². The van der Waals surface area contributed by atoms with Crippen LogP contribution in [-0.4, -0.2) is 36.9 Å². The Hall–Kier alpha value is -1.36. The Morgan fingerprint density at radius 3 is 2.61 bits per heavy atom. The highest BCUT2D eigenvalue weighted by Crippen LogP contribution is 2.55. The van der Waals surface area contributed by atoms with Gasteiger partial charge in [-0.25, -0.2) is 0 Å². The predicted octanol–water partition coefficient (Wildman–Crippen LogP) is 1.38. The van der Waals surface area contributed by atoms with Crippen molar-refractivity contribution in [1.82, 2.24) is 0 Å². The average Bonchev–Trinajstić information content (AvgIpc) is 2.38. The third kappa shape index (κ3) is 1.65. The van der Waals surface area contributed by atoms with Gasteiger partial charge in [0.25, 0.3) is 0 Å². The summed E-state index contributed by atoms with van der Waals surface area (Å²) in [7, 11) is 2.82. The molecule has 3 atom stereocenters. The quantitative estimate of drug-likeness (QED) is 0.606. The second-order valence-electron chi connectivity index (χ2n) is 5.10. The number of methoxy groups -OCH3 is 2. The lowest BCUT2D eigenvalue weighted by atomic mass is 9.55. The zero-order chi connectivity index (χ0) is 13.4. The van der Waals surface area contributed by atoms with Gasteiger partial charge in [-0.15, -0.1) is 0 Å². The Labute approximate surface area is 106 Å². The molecular weight excluding hydrogens is 236 g/mol. The van der Waals surface area contributed by atoms with Crippen LogP contribution in [0.15, 0.2) is 12.2 Å². The molecule has 0 aromatic heterocycles. The number of aliphatic carboxylic acids is 1. The van der Waals surface area contributed by atoms with E-state index in [2.05, 4.69) is 0 Å². The van der Waals surface area contributed by atoms with Crippen LogP contribution in [0.3, 0.4) is 0 Å². The van der Waals surface area contributed by atoms with E-state index < -0.39 is 23.0 Å². The molecule has 3 rings (SSSR count). The molecule has 3 aliphatic rings. The zero-order valence-corrected chi connectivity index (χ0v) is 10.6. The molecule has 0 aliphatic heterocycles. The summed E-state index contributed by atoms with van der Waals surface area (Å²) in [4.78, 5) is 23.3. The second kappa shape index (κ2) is 4.39. The van der Waals surface area contributed by atoms with Crippen molar-refractivity contribution in [3.05, 3.63) is 12.2 Å². The number of allylic oxidation sites excluding steroid dienone is 1. The van der Waals surface area contributed by atoms with Gasteiger partial charge < -0.3 is 14.6 Å². The normalized spacial score (nSPS) is 37.6. The molecule has 18 heavy (non-hydrogen) atoms. The molecule has 0 aromatic carbocycles.